The monoisotopic (exact) mass is 263 g/mol. The molecule has 3 nitrogen and oxygen atoms in total. The molecule has 0 spiro atoms. The molecule has 1 aliphatic heterocycles. The number of nitriles is 1. The highest BCUT2D eigenvalue weighted by atomic mass is 35.5. The third kappa shape index (κ3) is 2.77. The zero-order valence-corrected chi connectivity index (χ0v) is 11.6. The average molecular weight is 264 g/mol. The Labute approximate surface area is 114 Å². The maximum Gasteiger partial charge on any atom is 0.0992 e. The van der Waals surface area contributed by atoms with Crippen molar-refractivity contribution < 1.29 is 0 Å². The van der Waals surface area contributed by atoms with E-state index in [9.17, 15) is 0 Å². The van der Waals surface area contributed by atoms with Crippen LogP contribution in [-0.2, 0) is 0 Å². The van der Waals surface area contributed by atoms with Crippen LogP contribution in [0.5, 0.6) is 0 Å². The van der Waals surface area contributed by atoms with E-state index in [1.54, 1.807) is 6.07 Å². The van der Waals surface area contributed by atoms with Gasteiger partial charge in [-0.1, -0.05) is 11.6 Å². The second-order valence-electron chi connectivity index (χ2n) is 4.89. The minimum atomic E-state index is 0.601. The number of piperazine rings is 1. The fourth-order valence-electron chi connectivity index (χ4n) is 2.31. The summed E-state index contributed by atoms with van der Waals surface area (Å²) in [4.78, 5) is 4.76. The van der Waals surface area contributed by atoms with Crippen molar-refractivity contribution >= 4 is 17.3 Å². The first-order valence-electron chi connectivity index (χ1n) is 6.30. The van der Waals surface area contributed by atoms with Gasteiger partial charge in [-0.15, -0.1) is 0 Å². The zero-order valence-electron chi connectivity index (χ0n) is 10.9. The molecular weight excluding hydrogens is 246 g/mol. The summed E-state index contributed by atoms with van der Waals surface area (Å²) in [6.07, 6.45) is 0. The third-order valence-electron chi connectivity index (χ3n) is 3.46. The molecule has 1 aromatic carbocycles. The van der Waals surface area contributed by atoms with Gasteiger partial charge in [0.15, 0.2) is 0 Å². The van der Waals surface area contributed by atoms with Crippen molar-refractivity contribution in [1.82, 2.24) is 4.90 Å². The molecular formula is C14H18ClN3. The van der Waals surface area contributed by atoms with E-state index in [4.69, 9.17) is 16.9 Å². The van der Waals surface area contributed by atoms with E-state index < -0.39 is 0 Å². The quantitative estimate of drug-likeness (QED) is 0.822. The fraction of sp³-hybridized carbons (Fsp3) is 0.500. The Morgan fingerprint density at radius 3 is 2.39 bits per heavy atom. The average Bonchev–Trinajstić information content (AvgIpc) is 2.38. The molecule has 0 saturated carbocycles. The zero-order chi connectivity index (χ0) is 13.1. The molecule has 0 unspecified atom stereocenters. The minimum Gasteiger partial charge on any atom is -0.368 e. The summed E-state index contributed by atoms with van der Waals surface area (Å²) in [7, 11) is 0. The highest BCUT2D eigenvalue weighted by Gasteiger charge is 2.20. The van der Waals surface area contributed by atoms with Crippen LogP contribution in [0.3, 0.4) is 0 Å². The van der Waals surface area contributed by atoms with Crippen LogP contribution in [0.4, 0.5) is 5.69 Å². The van der Waals surface area contributed by atoms with Crippen molar-refractivity contribution in [2.75, 3.05) is 31.1 Å². The fourth-order valence-corrected chi connectivity index (χ4v) is 2.61. The Bertz CT molecular complexity index is 457. The molecule has 0 atom stereocenters. The van der Waals surface area contributed by atoms with Gasteiger partial charge in [-0.25, -0.2) is 0 Å². The van der Waals surface area contributed by atoms with Crippen molar-refractivity contribution in [3.8, 4) is 6.07 Å². The van der Waals surface area contributed by atoms with Crippen molar-refractivity contribution in [3.05, 3.63) is 28.8 Å². The van der Waals surface area contributed by atoms with Crippen LogP contribution in [0.2, 0.25) is 5.02 Å². The van der Waals surface area contributed by atoms with Gasteiger partial charge in [-0.2, -0.15) is 5.26 Å². The van der Waals surface area contributed by atoms with E-state index in [1.165, 1.54) is 0 Å². The Balaban J connectivity index is 2.08. The van der Waals surface area contributed by atoms with Gasteiger partial charge in [0.05, 0.1) is 22.3 Å². The van der Waals surface area contributed by atoms with Crippen LogP contribution in [0.1, 0.15) is 19.4 Å². The maximum atomic E-state index is 8.83. The summed E-state index contributed by atoms with van der Waals surface area (Å²) >= 11 is 6.23. The smallest absolute Gasteiger partial charge is 0.0992 e. The SMILES string of the molecule is CC(C)N1CCN(c2ccc(C#N)cc2Cl)CC1. The number of nitrogens with zero attached hydrogens (tertiary/aromatic N) is 3. The lowest BCUT2D eigenvalue weighted by Crippen LogP contribution is -2.49. The Morgan fingerprint density at radius 1 is 1.22 bits per heavy atom. The minimum absolute atomic E-state index is 0.601. The van der Waals surface area contributed by atoms with Crippen molar-refractivity contribution in [1.29, 1.82) is 5.26 Å². The second-order valence-corrected chi connectivity index (χ2v) is 5.30. The first-order chi connectivity index (χ1) is 8.61. The van der Waals surface area contributed by atoms with Gasteiger partial charge in [0.25, 0.3) is 0 Å². The van der Waals surface area contributed by atoms with E-state index >= 15 is 0 Å². The molecule has 1 heterocycles. The summed E-state index contributed by atoms with van der Waals surface area (Å²) < 4.78 is 0. The number of rotatable bonds is 2. The van der Waals surface area contributed by atoms with Crippen LogP contribution in [0.15, 0.2) is 18.2 Å². The van der Waals surface area contributed by atoms with E-state index in [2.05, 4.69) is 29.7 Å². The van der Waals surface area contributed by atoms with Gasteiger partial charge in [-0.3, -0.25) is 4.90 Å². The molecule has 18 heavy (non-hydrogen) atoms. The third-order valence-corrected chi connectivity index (χ3v) is 3.76. The summed E-state index contributed by atoms with van der Waals surface area (Å²) in [5.74, 6) is 0. The van der Waals surface area contributed by atoms with E-state index in [0.717, 1.165) is 31.9 Å². The summed E-state index contributed by atoms with van der Waals surface area (Å²) in [6, 6.07) is 8.23. The number of halogens is 1. The van der Waals surface area contributed by atoms with Gasteiger partial charge in [-0.05, 0) is 32.0 Å². The topological polar surface area (TPSA) is 30.3 Å². The molecule has 0 N–H and O–H groups in total. The van der Waals surface area contributed by atoms with Crippen LogP contribution in [-0.4, -0.2) is 37.1 Å². The molecule has 0 bridgehead atoms. The van der Waals surface area contributed by atoms with Crippen LogP contribution < -0.4 is 4.90 Å². The van der Waals surface area contributed by atoms with Gasteiger partial charge in [0, 0.05) is 32.2 Å². The molecule has 96 valence electrons. The lowest BCUT2D eigenvalue weighted by atomic mass is 10.2. The van der Waals surface area contributed by atoms with E-state index in [0.29, 0.717) is 16.6 Å². The van der Waals surface area contributed by atoms with Crippen LogP contribution >= 0.6 is 11.6 Å². The highest BCUT2D eigenvalue weighted by molar-refractivity contribution is 6.33. The molecule has 0 aromatic heterocycles. The number of anilines is 1. The Hall–Kier alpha value is -1.24. The summed E-state index contributed by atoms with van der Waals surface area (Å²) in [5.41, 5.74) is 1.66. The first-order valence-corrected chi connectivity index (χ1v) is 6.68. The van der Waals surface area contributed by atoms with Crippen LogP contribution in [0.25, 0.3) is 0 Å². The van der Waals surface area contributed by atoms with Gasteiger partial charge in [0.1, 0.15) is 0 Å². The molecule has 1 aliphatic rings. The largest absolute Gasteiger partial charge is 0.368 e. The van der Waals surface area contributed by atoms with Gasteiger partial charge in [0.2, 0.25) is 0 Å². The van der Waals surface area contributed by atoms with E-state index in [-0.39, 0.29) is 0 Å². The maximum absolute atomic E-state index is 8.83. The lowest BCUT2D eigenvalue weighted by molar-refractivity contribution is 0.209. The normalized spacial score (nSPS) is 16.9. The summed E-state index contributed by atoms with van der Waals surface area (Å²) in [5, 5.41) is 9.50. The van der Waals surface area contributed by atoms with E-state index in [1.807, 2.05) is 12.1 Å². The van der Waals surface area contributed by atoms with Crippen LogP contribution in [0, 0.1) is 11.3 Å². The molecule has 1 fully saturated rings. The number of benzene rings is 1. The Morgan fingerprint density at radius 2 is 1.89 bits per heavy atom. The van der Waals surface area contributed by atoms with Gasteiger partial charge >= 0.3 is 0 Å². The van der Waals surface area contributed by atoms with Crippen molar-refractivity contribution in [2.45, 2.75) is 19.9 Å². The predicted octanol–water partition coefficient (Wildman–Crippen LogP) is 2.74. The number of hydrogen-bond donors (Lipinski definition) is 0. The summed E-state index contributed by atoms with van der Waals surface area (Å²) in [6.45, 7) is 8.56. The van der Waals surface area contributed by atoms with Crippen molar-refractivity contribution in [3.63, 3.8) is 0 Å². The molecule has 0 amide bonds. The highest BCUT2D eigenvalue weighted by Crippen LogP contribution is 2.27. The molecule has 1 aromatic rings. The predicted molar refractivity (Wildman–Crippen MR) is 75.1 cm³/mol. The lowest BCUT2D eigenvalue weighted by Gasteiger charge is -2.38. The standard InChI is InChI=1S/C14H18ClN3/c1-11(2)17-5-7-18(8-6-17)14-4-3-12(10-16)9-13(14)15/h3-4,9,11H,5-8H2,1-2H3. The van der Waals surface area contributed by atoms with Crippen molar-refractivity contribution in [2.24, 2.45) is 0 Å². The first kappa shape index (κ1) is 13.2. The molecule has 1 saturated heterocycles. The molecule has 0 radical (unpaired) electrons. The molecule has 0 aliphatic carbocycles. The molecule has 2 rings (SSSR count). The Kier molecular flexibility index (Phi) is 4.11. The second kappa shape index (κ2) is 5.60. The van der Waals surface area contributed by atoms with Gasteiger partial charge < -0.3 is 4.90 Å². The molecule has 4 heteroatoms. The number of hydrogen-bond acceptors (Lipinski definition) is 3.